The van der Waals surface area contributed by atoms with Crippen LogP contribution in [0, 0.1) is 0 Å². The number of carbonyl (C=O) groups excluding carboxylic acids is 1. The molecule has 24 heavy (non-hydrogen) atoms. The van der Waals surface area contributed by atoms with Gasteiger partial charge in [0, 0.05) is 18.4 Å². The molecular weight excluding hydrogens is 300 g/mol. The molecule has 0 aliphatic rings. The lowest BCUT2D eigenvalue weighted by Gasteiger charge is -2.07. The Bertz CT molecular complexity index is 791. The minimum Gasteiger partial charge on any atom is -0.354 e. The summed E-state index contributed by atoms with van der Waals surface area (Å²) in [6.07, 6.45) is 2.45. The average molecular weight is 318 g/mol. The Morgan fingerprint density at radius 2 is 1.62 bits per heavy atom. The summed E-state index contributed by atoms with van der Waals surface area (Å²) >= 11 is 0. The summed E-state index contributed by atoms with van der Waals surface area (Å²) in [6.45, 7) is 0.702. The van der Waals surface area contributed by atoms with Crippen molar-refractivity contribution in [3.8, 4) is 0 Å². The van der Waals surface area contributed by atoms with E-state index in [9.17, 15) is 4.79 Å². The Balaban J connectivity index is 1.58. The van der Waals surface area contributed by atoms with E-state index in [1.54, 1.807) is 12.3 Å². The minimum atomic E-state index is -0.255. The molecule has 0 radical (unpaired) electrons. The molecule has 120 valence electrons. The Morgan fingerprint density at radius 3 is 2.38 bits per heavy atom. The molecule has 0 saturated heterocycles. The SMILES string of the molecule is O=C(Nc1ccccc1)c1ccnc(NCCc2ccccc2)n1. The molecule has 0 fully saturated rings. The van der Waals surface area contributed by atoms with Crippen molar-refractivity contribution in [1.82, 2.24) is 9.97 Å². The summed E-state index contributed by atoms with van der Waals surface area (Å²) < 4.78 is 0. The van der Waals surface area contributed by atoms with Crippen LogP contribution in [0.1, 0.15) is 16.1 Å². The maximum atomic E-state index is 12.2. The van der Waals surface area contributed by atoms with Crippen LogP contribution in [0.3, 0.4) is 0 Å². The lowest BCUT2D eigenvalue weighted by Crippen LogP contribution is -2.16. The van der Waals surface area contributed by atoms with E-state index in [1.807, 2.05) is 48.5 Å². The van der Waals surface area contributed by atoms with Gasteiger partial charge in [-0.2, -0.15) is 0 Å². The predicted octanol–water partition coefficient (Wildman–Crippen LogP) is 3.38. The molecule has 1 heterocycles. The fourth-order valence-corrected chi connectivity index (χ4v) is 2.25. The molecule has 2 aromatic carbocycles. The average Bonchev–Trinajstić information content (AvgIpc) is 2.64. The van der Waals surface area contributed by atoms with E-state index >= 15 is 0 Å². The van der Waals surface area contributed by atoms with Crippen LogP contribution in [0.2, 0.25) is 0 Å². The number of rotatable bonds is 6. The molecular formula is C19H18N4O. The van der Waals surface area contributed by atoms with E-state index < -0.39 is 0 Å². The summed E-state index contributed by atoms with van der Waals surface area (Å²) in [5.41, 5.74) is 2.30. The van der Waals surface area contributed by atoms with Crippen LogP contribution in [0.25, 0.3) is 0 Å². The van der Waals surface area contributed by atoms with Crippen molar-refractivity contribution in [3.05, 3.63) is 84.2 Å². The van der Waals surface area contributed by atoms with Crippen molar-refractivity contribution < 1.29 is 4.79 Å². The zero-order chi connectivity index (χ0) is 16.6. The van der Waals surface area contributed by atoms with Gasteiger partial charge < -0.3 is 10.6 Å². The molecule has 2 N–H and O–H groups in total. The molecule has 0 atom stereocenters. The standard InChI is InChI=1S/C19H18N4O/c24-18(22-16-9-5-2-6-10-16)17-12-14-21-19(23-17)20-13-11-15-7-3-1-4-8-15/h1-10,12,14H,11,13H2,(H,22,24)(H,20,21,23). The van der Waals surface area contributed by atoms with Gasteiger partial charge in [0.1, 0.15) is 5.69 Å². The van der Waals surface area contributed by atoms with Gasteiger partial charge in [-0.15, -0.1) is 0 Å². The van der Waals surface area contributed by atoms with Gasteiger partial charge in [0.25, 0.3) is 5.91 Å². The number of aromatic nitrogens is 2. The van der Waals surface area contributed by atoms with Gasteiger partial charge in [0.2, 0.25) is 5.95 Å². The fraction of sp³-hybridized carbons (Fsp3) is 0.105. The summed E-state index contributed by atoms with van der Waals surface area (Å²) in [6, 6.07) is 21.1. The first-order chi connectivity index (χ1) is 11.8. The first kappa shape index (κ1) is 15.7. The van der Waals surface area contributed by atoms with Crippen LogP contribution >= 0.6 is 0 Å². The summed E-state index contributed by atoms with van der Waals surface area (Å²) in [4.78, 5) is 20.7. The third kappa shape index (κ3) is 4.39. The number of benzene rings is 2. The smallest absolute Gasteiger partial charge is 0.274 e. The number of hydrogen-bond donors (Lipinski definition) is 2. The maximum absolute atomic E-state index is 12.2. The van der Waals surface area contributed by atoms with Crippen molar-refractivity contribution in [2.24, 2.45) is 0 Å². The van der Waals surface area contributed by atoms with Gasteiger partial charge >= 0.3 is 0 Å². The van der Waals surface area contributed by atoms with Crippen molar-refractivity contribution in [3.63, 3.8) is 0 Å². The summed E-state index contributed by atoms with van der Waals surface area (Å²) in [5, 5.41) is 5.96. The fourth-order valence-electron chi connectivity index (χ4n) is 2.25. The van der Waals surface area contributed by atoms with Gasteiger partial charge in [-0.3, -0.25) is 4.79 Å². The molecule has 0 unspecified atom stereocenters. The number of amides is 1. The van der Waals surface area contributed by atoms with Crippen molar-refractivity contribution in [2.75, 3.05) is 17.2 Å². The number of para-hydroxylation sites is 1. The van der Waals surface area contributed by atoms with Crippen LogP contribution in [0.5, 0.6) is 0 Å². The first-order valence-corrected chi connectivity index (χ1v) is 7.78. The third-order valence-electron chi connectivity index (χ3n) is 3.46. The van der Waals surface area contributed by atoms with Crippen molar-refractivity contribution in [1.29, 1.82) is 0 Å². The highest BCUT2D eigenvalue weighted by molar-refractivity contribution is 6.02. The van der Waals surface area contributed by atoms with Gasteiger partial charge in [0.15, 0.2) is 0 Å². The normalized spacial score (nSPS) is 10.2. The van der Waals surface area contributed by atoms with E-state index in [1.165, 1.54) is 5.56 Å². The number of anilines is 2. The van der Waals surface area contributed by atoms with Crippen LogP contribution < -0.4 is 10.6 Å². The Morgan fingerprint density at radius 1 is 0.917 bits per heavy atom. The maximum Gasteiger partial charge on any atom is 0.274 e. The molecule has 5 nitrogen and oxygen atoms in total. The molecule has 0 saturated carbocycles. The lowest BCUT2D eigenvalue weighted by molar-refractivity contribution is 0.102. The van der Waals surface area contributed by atoms with Crippen LogP contribution in [0.4, 0.5) is 11.6 Å². The van der Waals surface area contributed by atoms with Crippen molar-refractivity contribution in [2.45, 2.75) is 6.42 Å². The highest BCUT2D eigenvalue weighted by Crippen LogP contribution is 2.08. The Labute approximate surface area is 140 Å². The summed E-state index contributed by atoms with van der Waals surface area (Å²) in [7, 11) is 0. The quantitative estimate of drug-likeness (QED) is 0.731. The van der Waals surface area contributed by atoms with Crippen LogP contribution in [-0.4, -0.2) is 22.4 Å². The Hall–Kier alpha value is -3.21. The van der Waals surface area contributed by atoms with Gasteiger partial charge in [-0.25, -0.2) is 9.97 Å². The monoisotopic (exact) mass is 318 g/mol. The minimum absolute atomic E-state index is 0.255. The molecule has 5 heteroatoms. The highest BCUT2D eigenvalue weighted by Gasteiger charge is 2.09. The molecule has 1 aromatic heterocycles. The van der Waals surface area contributed by atoms with Gasteiger partial charge in [-0.05, 0) is 30.2 Å². The van der Waals surface area contributed by atoms with Crippen molar-refractivity contribution >= 4 is 17.5 Å². The zero-order valence-corrected chi connectivity index (χ0v) is 13.1. The van der Waals surface area contributed by atoms with Crippen LogP contribution in [0.15, 0.2) is 72.9 Å². The van der Waals surface area contributed by atoms with Gasteiger partial charge in [-0.1, -0.05) is 48.5 Å². The van der Waals surface area contributed by atoms with E-state index in [0.717, 1.165) is 12.1 Å². The van der Waals surface area contributed by atoms with E-state index in [4.69, 9.17) is 0 Å². The molecule has 3 rings (SSSR count). The predicted molar refractivity (Wildman–Crippen MR) is 95.1 cm³/mol. The number of nitrogens with one attached hydrogen (secondary N) is 2. The molecule has 0 bridgehead atoms. The van der Waals surface area contributed by atoms with E-state index in [2.05, 4.69) is 32.7 Å². The lowest BCUT2D eigenvalue weighted by atomic mass is 10.1. The number of hydrogen-bond acceptors (Lipinski definition) is 4. The van der Waals surface area contributed by atoms with E-state index in [0.29, 0.717) is 18.2 Å². The van der Waals surface area contributed by atoms with Gasteiger partial charge in [0.05, 0.1) is 0 Å². The highest BCUT2D eigenvalue weighted by atomic mass is 16.1. The molecule has 0 aliphatic carbocycles. The number of carbonyl (C=O) groups is 1. The Kier molecular flexibility index (Phi) is 5.14. The molecule has 0 aliphatic heterocycles. The summed E-state index contributed by atoms with van der Waals surface area (Å²) in [5.74, 6) is 0.196. The second-order valence-electron chi connectivity index (χ2n) is 5.25. The number of nitrogens with zero attached hydrogens (tertiary/aromatic N) is 2. The molecule has 3 aromatic rings. The topological polar surface area (TPSA) is 66.9 Å². The zero-order valence-electron chi connectivity index (χ0n) is 13.1. The molecule has 0 spiro atoms. The third-order valence-corrected chi connectivity index (χ3v) is 3.46. The second kappa shape index (κ2) is 7.87. The largest absolute Gasteiger partial charge is 0.354 e. The second-order valence-corrected chi connectivity index (χ2v) is 5.25. The molecule has 1 amide bonds. The van der Waals surface area contributed by atoms with E-state index in [-0.39, 0.29) is 5.91 Å². The first-order valence-electron chi connectivity index (χ1n) is 7.78. The van der Waals surface area contributed by atoms with Crippen LogP contribution in [-0.2, 0) is 6.42 Å².